The number of allylic oxidation sites excluding steroid dienone is 1. The van der Waals surface area contributed by atoms with Crippen molar-refractivity contribution in [2.45, 2.75) is 44.9 Å². The molecule has 36 heavy (non-hydrogen) atoms. The maximum absolute atomic E-state index is 14.7. The zero-order valence-electron chi connectivity index (χ0n) is 19.6. The van der Waals surface area contributed by atoms with Crippen molar-refractivity contribution in [1.82, 2.24) is 4.98 Å². The Hall–Kier alpha value is -3.91. The van der Waals surface area contributed by atoms with Gasteiger partial charge in [-0.3, -0.25) is 14.6 Å². The summed E-state index contributed by atoms with van der Waals surface area (Å²) in [6.45, 7) is 4.62. The van der Waals surface area contributed by atoms with Gasteiger partial charge in [0.2, 0.25) is 5.91 Å². The van der Waals surface area contributed by atoms with Crippen LogP contribution >= 0.6 is 0 Å². The molecule has 0 radical (unpaired) electrons. The molecule has 1 unspecified atom stereocenters. The van der Waals surface area contributed by atoms with E-state index >= 15 is 0 Å². The van der Waals surface area contributed by atoms with Gasteiger partial charge in [-0.05, 0) is 55.7 Å². The number of ether oxygens (including phenoxy) is 1. The molecule has 1 atom stereocenters. The van der Waals surface area contributed by atoms with Crippen molar-refractivity contribution in [2.24, 2.45) is 4.99 Å². The molecular formula is C25H22F4N4O3. The minimum Gasteiger partial charge on any atom is -0.364 e. The number of carbonyl (C=O) groups is 2. The van der Waals surface area contributed by atoms with Gasteiger partial charge >= 0.3 is 6.18 Å². The number of dihydropyridines is 1. The lowest BCUT2D eigenvalue weighted by Crippen LogP contribution is -2.24. The van der Waals surface area contributed by atoms with Crippen LogP contribution in [0.2, 0.25) is 0 Å². The normalized spacial score (nSPS) is 15.9. The van der Waals surface area contributed by atoms with E-state index in [9.17, 15) is 32.4 Å². The molecular weight excluding hydrogens is 480 g/mol. The van der Waals surface area contributed by atoms with Crippen molar-refractivity contribution in [2.75, 3.05) is 11.9 Å². The summed E-state index contributed by atoms with van der Waals surface area (Å²) in [4.78, 5) is 31.7. The summed E-state index contributed by atoms with van der Waals surface area (Å²) in [6, 6.07) is 6.54. The van der Waals surface area contributed by atoms with Crippen LogP contribution in [0.5, 0.6) is 0 Å². The number of rotatable bonds is 7. The molecule has 1 N–H and O–H groups in total. The smallest absolute Gasteiger partial charge is 0.364 e. The quantitative estimate of drug-likeness (QED) is 0.557. The lowest BCUT2D eigenvalue weighted by molar-refractivity contribution is -0.139. The third-order valence-corrected chi connectivity index (χ3v) is 5.34. The first-order valence-electron chi connectivity index (χ1n) is 10.8. The number of hydrogen-bond donors (Lipinski definition) is 1. The van der Waals surface area contributed by atoms with Crippen LogP contribution in [0.1, 0.15) is 43.2 Å². The van der Waals surface area contributed by atoms with Gasteiger partial charge in [0.05, 0.1) is 41.0 Å². The van der Waals surface area contributed by atoms with Gasteiger partial charge in [0.15, 0.2) is 6.10 Å². The van der Waals surface area contributed by atoms with Crippen molar-refractivity contribution in [3.8, 4) is 6.07 Å². The molecule has 1 aromatic heterocycles. The number of pyridine rings is 1. The summed E-state index contributed by atoms with van der Waals surface area (Å²) in [5.41, 5.74) is -2.47. The van der Waals surface area contributed by atoms with Gasteiger partial charge in [0, 0.05) is 12.8 Å². The van der Waals surface area contributed by atoms with Crippen LogP contribution in [-0.4, -0.2) is 35.7 Å². The molecule has 1 aliphatic heterocycles. The molecule has 1 aromatic carbocycles. The number of nitrogens with zero attached hydrogens (tertiary/aromatic N) is 3. The van der Waals surface area contributed by atoms with E-state index in [2.05, 4.69) is 15.3 Å². The topological polar surface area (TPSA) is 104 Å². The van der Waals surface area contributed by atoms with Crippen LogP contribution in [-0.2, 0) is 32.3 Å². The SMILES string of the molecule is CCOC1C=C(c2ccc(CC(=O)Nc3cnc(C(C)(C)C#N)c(C(F)(F)F)c3)c(F)c2)C=NC1=O. The molecule has 11 heteroatoms. The van der Waals surface area contributed by atoms with Crippen LogP contribution < -0.4 is 5.32 Å². The molecule has 7 nitrogen and oxygen atoms in total. The minimum absolute atomic E-state index is 0.00766. The predicted molar refractivity (Wildman–Crippen MR) is 124 cm³/mol. The number of hydrogen-bond acceptors (Lipinski definition) is 5. The van der Waals surface area contributed by atoms with E-state index in [-0.39, 0.29) is 17.9 Å². The molecule has 2 heterocycles. The lowest BCUT2D eigenvalue weighted by atomic mass is 9.87. The van der Waals surface area contributed by atoms with E-state index in [0.29, 0.717) is 17.2 Å². The Bertz CT molecular complexity index is 1290. The Morgan fingerprint density at radius 1 is 1.25 bits per heavy atom. The zero-order valence-corrected chi connectivity index (χ0v) is 19.6. The molecule has 0 aliphatic carbocycles. The van der Waals surface area contributed by atoms with Gasteiger partial charge in [-0.25, -0.2) is 9.38 Å². The maximum atomic E-state index is 14.7. The van der Waals surface area contributed by atoms with Crippen molar-refractivity contribution < 1.29 is 31.9 Å². The van der Waals surface area contributed by atoms with Crippen molar-refractivity contribution >= 4 is 29.3 Å². The number of anilines is 1. The number of alkyl halides is 3. The molecule has 0 bridgehead atoms. The fourth-order valence-electron chi connectivity index (χ4n) is 3.50. The van der Waals surface area contributed by atoms with Crippen molar-refractivity contribution in [3.05, 3.63) is 64.7 Å². The molecule has 3 rings (SSSR count). The van der Waals surface area contributed by atoms with Crippen LogP contribution in [0.3, 0.4) is 0 Å². The Morgan fingerprint density at radius 3 is 2.58 bits per heavy atom. The summed E-state index contributed by atoms with van der Waals surface area (Å²) in [5, 5.41) is 11.5. The maximum Gasteiger partial charge on any atom is 0.418 e. The van der Waals surface area contributed by atoms with Crippen LogP contribution in [0, 0.1) is 17.1 Å². The number of aliphatic imine (C=N–C) groups is 1. The number of carbonyl (C=O) groups excluding carboxylic acids is 2. The molecule has 0 saturated heterocycles. The summed E-state index contributed by atoms with van der Waals surface area (Å²) in [7, 11) is 0. The predicted octanol–water partition coefficient (Wildman–Crippen LogP) is 4.62. The largest absolute Gasteiger partial charge is 0.418 e. The van der Waals surface area contributed by atoms with Crippen LogP contribution in [0.25, 0.3) is 5.57 Å². The van der Waals surface area contributed by atoms with E-state index in [0.717, 1.165) is 6.20 Å². The summed E-state index contributed by atoms with van der Waals surface area (Å²) >= 11 is 0. The number of benzene rings is 1. The number of halogens is 4. The highest BCUT2D eigenvalue weighted by molar-refractivity contribution is 6.17. The molecule has 2 aromatic rings. The number of nitriles is 1. The first-order valence-corrected chi connectivity index (χ1v) is 10.8. The van der Waals surface area contributed by atoms with Gasteiger partial charge < -0.3 is 10.1 Å². The van der Waals surface area contributed by atoms with Gasteiger partial charge in [0.25, 0.3) is 5.91 Å². The van der Waals surface area contributed by atoms with E-state index in [1.165, 1.54) is 44.3 Å². The molecule has 0 fully saturated rings. The second kappa shape index (κ2) is 10.4. The Balaban J connectivity index is 1.78. The Morgan fingerprint density at radius 2 is 1.97 bits per heavy atom. The van der Waals surface area contributed by atoms with E-state index < -0.39 is 53.0 Å². The average molecular weight is 502 g/mol. The molecule has 0 spiro atoms. The number of nitrogens with one attached hydrogen (secondary N) is 1. The lowest BCUT2D eigenvalue weighted by Gasteiger charge is -2.21. The second-order valence-corrected chi connectivity index (χ2v) is 8.48. The molecule has 2 amide bonds. The third kappa shape index (κ3) is 6.01. The van der Waals surface area contributed by atoms with Crippen LogP contribution in [0.15, 0.2) is 41.5 Å². The van der Waals surface area contributed by atoms with Crippen molar-refractivity contribution in [1.29, 1.82) is 5.26 Å². The van der Waals surface area contributed by atoms with Gasteiger partial charge in [-0.15, -0.1) is 0 Å². The van der Waals surface area contributed by atoms with Gasteiger partial charge in [0.1, 0.15) is 5.82 Å². The highest BCUT2D eigenvalue weighted by Gasteiger charge is 2.39. The van der Waals surface area contributed by atoms with E-state index in [1.807, 2.05) is 0 Å². The van der Waals surface area contributed by atoms with Crippen LogP contribution in [0.4, 0.5) is 23.2 Å². The first kappa shape index (κ1) is 26.7. The monoisotopic (exact) mass is 502 g/mol. The second-order valence-electron chi connectivity index (χ2n) is 8.48. The first-order chi connectivity index (χ1) is 16.9. The Labute approximate surface area is 204 Å². The standard InChI is InChI=1S/C25H22F4N4O3/c1-4-36-20-8-16(11-32-23(20)35)14-5-6-15(19(26)7-14)9-21(34)33-17-10-18(25(27,28)29)22(31-12-17)24(2,3)13-30/h5-8,10-12,20H,4,9H2,1-3H3,(H,33,34). The third-order valence-electron chi connectivity index (χ3n) is 5.34. The molecule has 1 aliphatic rings. The number of amides is 2. The average Bonchev–Trinajstić information content (AvgIpc) is 2.81. The Kier molecular flexibility index (Phi) is 7.69. The van der Waals surface area contributed by atoms with Crippen molar-refractivity contribution in [3.63, 3.8) is 0 Å². The summed E-state index contributed by atoms with van der Waals surface area (Å²) in [6.07, 6.45) is -2.30. The van der Waals surface area contributed by atoms with Gasteiger partial charge in [-0.2, -0.15) is 18.4 Å². The minimum atomic E-state index is -4.80. The highest BCUT2D eigenvalue weighted by atomic mass is 19.4. The highest BCUT2D eigenvalue weighted by Crippen LogP contribution is 2.37. The van der Waals surface area contributed by atoms with Gasteiger partial charge in [-0.1, -0.05) is 12.1 Å². The summed E-state index contributed by atoms with van der Waals surface area (Å²) < 4.78 is 60.7. The fraction of sp³-hybridized carbons (Fsp3) is 0.320. The molecule has 188 valence electrons. The molecule has 0 saturated carbocycles. The summed E-state index contributed by atoms with van der Waals surface area (Å²) in [5.74, 6) is -1.95. The fourth-order valence-corrected chi connectivity index (χ4v) is 3.50. The van der Waals surface area contributed by atoms with E-state index in [1.54, 1.807) is 13.0 Å². The zero-order chi connectivity index (χ0) is 26.7. The number of aromatic nitrogens is 1. The van der Waals surface area contributed by atoms with E-state index in [4.69, 9.17) is 4.74 Å².